The Labute approximate surface area is 212 Å². The van der Waals surface area contributed by atoms with Crippen LogP contribution in [0.25, 0.3) is 0 Å². The van der Waals surface area contributed by atoms with E-state index >= 15 is 0 Å². The van der Waals surface area contributed by atoms with E-state index in [0.717, 1.165) is 18.4 Å². The highest BCUT2D eigenvalue weighted by atomic mass is 19.1. The van der Waals surface area contributed by atoms with Gasteiger partial charge in [0.2, 0.25) is 5.91 Å². The standard InChI is InChI=1S/C29H33FN2O4/c1-3-4-18-31-29(34)27(19-22-10-6-5-7-11-22)32(20-23-12-8-9-13-26(23)30)28(33)21-36-25-16-14-24(35-2)15-17-25/h5-17,27H,3-4,18-21H2,1-2H3,(H,31,34). The molecule has 0 saturated heterocycles. The number of carbonyl (C=O) groups is 2. The number of carbonyl (C=O) groups excluding carboxylic acids is 2. The van der Waals surface area contributed by atoms with E-state index in [4.69, 9.17) is 9.47 Å². The predicted molar refractivity (Wildman–Crippen MR) is 137 cm³/mol. The molecule has 0 aliphatic carbocycles. The SMILES string of the molecule is CCCCNC(=O)C(Cc1ccccc1)N(Cc1ccccc1F)C(=O)COc1ccc(OC)cc1. The second-order valence-corrected chi connectivity index (χ2v) is 8.43. The minimum absolute atomic E-state index is 0.0593. The number of hydrogen-bond acceptors (Lipinski definition) is 4. The average Bonchev–Trinajstić information content (AvgIpc) is 2.91. The quantitative estimate of drug-likeness (QED) is 0.349. The normalized spacial score (nSPS) is 11.4. The van der Waals surface area contributed by atoms with Crippen LogP contribution in [0.15, 0.2) is 78.9 Å². The number of amides is 2. The minimum atomic E-state index is -0.837. The van der Waals surface area contributed by atoms with Gasteiger partial charge in [0.15, 0.2) is 6.61 Å². The number of benzene rings is 3. The van der Waals surface area contributed by atoms with E-state index in [1.807, 2.05) is 37.3 Å². The molecule has 0 radical (unpaired) electrons. The number of ether oxygens (including phenoxy) is 2. The van der Waals surface area contributed by atoms with Gasteiger partial charge in [0.05, 0.1) is 7.11 Å². The minimum Gasteiger partial charge on any atom is -0.497 e. The Morgan fingerprint density at radius 3 is 2.28 bits per heavy atom. The fourth-order valence-electron chi connectivity index (χ4n) is 3.77. The number of halogens is 1. The molecule has 0 saturated carbocycles. The average molecular weight is 493 g/mol. The summed E-state index contributed by atoms with van der Waals surface area (Å²) in [5.41, 5.74) is 1.23. The van der Waals surface area contributed by atoms with Gasteiger partial charge in [0.25, 0.3) is 5.91 Å². The van der Waals surface area contributed by atoms with Crippen LogP contribution >= 0.6 is 0 Å². The topological polar surface area (TPSA) is 67.9 Å². The summed E-state index contributed by atoms with van der Waals surface area (Å²) in [5, 5.41) is 2.94. The second kappa shape index (κ2) is 13.9. The first-order valence-corrected chi connectivity index (χ1v) is 12.1. The summed E-state index contributed by atoms with van der Waals surface area (Å²) >= 11 is 0. The molecular formula is C29H33FN2O4. The highest BCUT2D eigenvalue weighted by molar-refractivity contribution is 5.88. The van der Waals surface area contributed by atoms with Crippen molar-refractivity contribution < 1.29 is 23.5 Å². The Balaban J connectivity index is 1.87. The molecular weight excluding hydrogens is 459 g/mol. The summed E-state index contributed by atoms with van der Waals surface area (Å²) in [6.45, 7) is 2.19. The Bertz CT molecular complexity index is 1110. The van der Waals surface area contributed by atoms with Crippen molar-refractivity contribution in [2.45, 2.75) is 38.8 Å². The van der Waals surface area contributed by atoms with Crippen molar-refractivity contribution in [1.82, 2.24) is 10.2 Å². The molecule has 0 bridgehead atoms. The molecule has 0 aliphatic rings. The van der Waals surface area contributed by atoms with Crippen LogP contribution in [0, 0.1) is 5.82 Å². The van der Waals surface area contributed by atoms with E-state index < -0.39 is 17.8 Å². The van der Waals surface area contributed by atoms with Crippen molar-refractivity contribution in [2.24, 2.45) is 0 Å². The Kier molecular flexibility index (Phi) is 10.3. The Morgan fingerprint density at radius 1 is 0.944 bits per heavy atom. The molecule has 1 N–H and O–H groups in total. The molecule has 3 aromatic carbocycles. The van der Waals surface area contributed by atoms with Crippen molar-refractivity contribution >= 4 is 11.8 Å². The van der Waals surface area contributed by atoms with Crippen LogP contribution in [0.4, 0.5) is 4.39 Å². The summed E-state index contributed by atoms with van der Waals surface area (Å²) in [4.78, 5) is 28.2. The van der Waals surface area contributed by atoms with Gasteiger partial charge in [-0.05, 0) is 42.3 Å². The zero-order valence-corrected chi connectivity index (χ0v) is 20.8. The van der Waals surface area contributed by atoms with Gasteiger partial charge in [-0.25, -0.2) is 4.39 Å². The highest BCUT2D eigenvalue weighted by Crippen LogP contribution is 2.19. The smallest absolute Gasteiger partial charge is 0.261 e. The predicted octanol–water partition coefficient (Wildman–Crippen LogP) is 4.77. The van der Waals surface area contributed by atoms with Crippen LogP contribution in [0.2, 0.25) is 0 Å². The van der Waals surface area contributed by atoms with E-state index in [1.54, 1.807) is 49.6 Å². The number of nitrogens with one attached hydrogen (secondary N) is 1. The van der Waals surface area contributed by atoms with Gasteiger partial charge in [0, 0.05) is 25.1 Å². The molecule has 7 heteroatoms. The van der Waals surface area contributed by atoms with Gasteiger partial charge in [-0.15, -0.1) is 0 Å². The van der Waals surface area contributed by atoms with Crippen LogP contribution in [-0.2, 0) is 22.6 Å². The molecule has 36 heavy (non-hydrogen) atoms. The van der Waals surface area contributed by atoms with Gasteiger partial charge in [0.1, 0.15) is 23.4 Å². The van der Waals surface area contributed by atoms with Crippen LogP contribution < -0.4 is 14.8 Å². The number of hydrogen-bond donors (Lipinski definition) is 1. The molecule has 1 unspecified atom stereocenters. The Morgan fingerprint density at radius 2 is 1.61 bits per heavy atom. The monoisotopic (exact) mass is 492 g/mol. The summed E-state index contributed by atoms with van der Waals surface area (Å²) in [7, 11) is 1.57. The van der Waals surface area contributed by atoms with Gasteiger partial charge in [-0.1, -0.05) is 61.9 Å². The van der Waals surface area contributed by atoms with Crippen molar-refractivity contribution in [3.63, 3.8) is 0 Å². The van der Waals surface area contributed by atoms with E-state index in [9.17, 15) is 14.0 Å². The maximum atomic E-state index is 14.6. The number of nitrogens with zero attached hydrogens (tertiary/aromatic N) is 1. The zero-order chi connectivity index (χ0) is 25.8. The van der Waals surface area contributed by atoms with E-state index in [2.05, 4.69) is 5.32 Å². The second-order valence-electron chi connectivity index (χ2n) is 8.43. The maximum Gasteiger partial charge on any atom is 0.261 e. The first-order chi connectivity index (χ1) is 17.5. The number of rotatable bonds is 13. The fraction of sp³-hybridized carbons (Fsp3) is 0.310. The first-order valence-electron chi connectivity index (χ1n) is 12.1. The lowest BCUT2D eigenvalue weighted by Gasteiger charge is -2.31. The lowest BCUT2D eigenvalue weighted by molar-refractivity contribution is -0.142. The zero-order valence-electron chi connectivity index (χ0n) is 20.8. The number of unbranched alkanes of at least 4 members (excludes halogenated alkanes) is 1. The van der Waals surface area contributed by atoms with Gasteiger partial charge < -0.3 is 19.7 Å². The van der Waals surface area contributed by atoms with Gasteiger partial charge >= 0.3 is 0 Å². The molecule has 2 amide bonds. The maximum absolute atomic E-state index is 14.6. The molecule has 0 aliphatic heterocycles. The third kappa shape index (κ3) is 7.83. The molecule has 190 valence electrons. The van der Waals surface area contributed by atoms with E-state index in [1.165, 1.54) is 11.0 Å². The van der Waals surface area contributed by atoms with Crippen LogP contribution in [-0.4, -0.2) is 43.0 Å². The third-order valence-corrected chi connectivity index (χ3v) is 5.82. The fourth-order valence-corrected chi connectivity index (χ4v) is 3.77. The van der Waals surface area contributed by atoms with Crippen molar-refractivity contribution in [3.05, 3.63) is 95.8 Å². The van der Waals surface area contributed by atoms with Crippen molar-refractivity contribution in [3.8, 4) is 11.5 Å². The molecule has 0 spiro atoms. The van der Waals surface area contributed by atoms with Gasteiger partial charge in [-0.2, -0.15) is 0 Å². The van der Waals surface area contributed by atoms with Crippen LogP contribution in [0.3, 0.4) is 0 Å². The van der Waals surface area contributed by atoms with E-state index in [-0.39, 0.29) is 19.1 Å². The van der Waals surface area contributed by atoms with E-state index in [0.29, 0.717) is 30.0 Å². The number of methoxy groups -OCH3 is 1. The molecule has 0 heterocycles. The molecule has 3 aromatic rings. The molecule has 0 aromatic heterocycles. The van der Waals surface area contributed by atoms with Crippen molar-refractivity contribution in [2.75, 3.05) is 20.3 Å². The third-order valence-electron chi connectivity index (χ3n) is 5.82. The van der Waals surface area contributed by atoms with Crippen LogP contribution in [0.1, 0.15) is 30.9 Å². The largest absolute Gasteiger partial charge is 0.497 e. The molecule has 0 fully saturated rings. The van der Waals surface area contributed by atoms with Crippen LogP contribution in [0.5, 0.6) is 11.5 Å². The summed E-state index contributed by atoms with van der Waals surface area (Å²) in [6.07, 6.45) is 2.05. The highest BCUT2D eigenvalue weighted by Gasteiger charge is 2.31. The molecule has 6 nitrogen and oxygen atoms in total. The van der Waals surface area contributed by atoms with Gasteiger partial charge in [-0.3, -0.25) is 9.59 Å². The Hall–Kier alpha value is -3.87. The lowest BCUT2D eigenvalue weighted by Crippen LogP contribution is -2.52. The first kappa shape index (κ1) is 26.7. The summed E-state index contributed by atoms with van der Waals surface area (Å²) in [5.74, 6) is 0.0295. The molecule has 3 rings (SSSR count). The lowest BCUT2D eigenvalue weighted by atomic mass is 10.0. The summed E-state index contributed by atoms with van der Waals surface area (Å²) in [6, 6.07) is 21.8. The summed E-state index contributed by atoms with van der Waals surface area (Å²) < 4.78 is 25.5. The van der Waals surface area contributed by atoms with Crippen molar-refractivity contribution in [1.29, 1.82) is 0 Å². The molecule has 1 atom stereocenters.